The summed E-state index contributed by atoms with van der Waals surface area (Å²) in [5, 5.41) is 0.339. The molecule has 0 fully saturated rings. The SMILES string of the molecule is CCOP(=O)([O-])c1cc(Cl)ccc1C#Cc1ccccc1. The minimum absolute atomic E-state index is 0.0141. The molecule has 0 aliphatic carbocycles. The first-order chi connectivity index (χ1) is 10.0. The second kappa shape index (κ2) is 6.93. The lowest BCUT2D eigenvalue weighted by Crippen LogP contribution is -2.20. The van der Waals surface area contributed by atoms with Crippen LogP contribution in [0, 0.1) is 11.8 Å². The number of rotatable bonds is 3. The summed E-state index contributed by atoms with van der Waals surface area (Å²) in [5.74, 6) is 5.79. The van der Waals surface area contributed by atoms with Crippen LogP contribution in [0.25, 0.3) is 0 Å². The van der Waals surface area contributed by atoms with Gasteiger partial charge >= 0.3 is 0 Å². The molecule has 0 saturated heterocycles. The highest BCUT2D eigenvalue weighted by atomic mass is 35.5. The largest absolute Gasteiger partial charge is 0.775 e. The zero-order valence-electron chi connectivity index (χ0n) is 11.4. The van der Waals surface area contributed by atoms with Gasteiger partial charge in [0.15, 0.2) is 7.60 Å². The normalized spacial score (nSPS) is 13.1. The molecule has 1 atom stereocenters. The molecule has 0 radical (unpaired) electrons. The van der Waals surface area contributed by atoms with Gasteiger partial charge in [-0.2, -0.15) is 0 Å². The van der Waals surface area contributed by atoms with E-state index in [9.17, 15) is 9.46 Å². The quantitative estimate of drug-likeness (QED) is 0.645. The molecule has 0 N–H and O–H groups in total. The summed E-state index contributed by atoms with van der Waals surface area (Å²) in [7, 11) is -4.17. The summed E-state index contributed by atoms with van der Waals surface area (Å²) >= 11 is 5.88. The molecular weight excluding hydrogens is 307 g/mol. The Kier molecular flexibility index (Phi) is 5.22. The van der Waals surface area contributed by atoms with Gasteiger partial charge in [0.1, 0.15) is 0 Å². The van der Waals surface area contributed by atoms with E-state index < -0.39 is 7.60 Å². The van der Waals surface area contributed by atoms with Crippen molar-refractivity contribution in [3.63, 3.8) is 0 Å². The maximum Gasteiger partial charge on any atom is 0.166 e. The molecule has 0 aliphatic rings. The third kappa shape index (κ3) is 4.20. The average molecular weight is 320 g/mol. The molecule has 2 aromatic carbocycles. The third-order valence-corrected chi connectivity index (χ3v) is 4.46. The first-order valence-electron chi connectivity index (χ1n) is 6.35. The van der Waals surface area contributed by atoms with Crippen LogP contribution in [0.1, 0.15) is 18.1 Å². The lowest BCUT2D eigenvalue weighted by Gasteiger charge is -2.24. The van der Waals surface area contributed by atoms with E-state index in [0.717, 1.165) is 5.56 Å². The molecule has 0 spiro atoms. The van der Waals surface area contributed by atoms with Gasteiger partial charge in [0.2, 0.25) is 0 Å². The topological polar surface area (TPSA) is 49.4 Å². The van der Waals surface area contributed by atoms with Crippen LogP contribution in [0.2, 0.25) is 5.02 Å². The molecule has 0 heterocycles. The molecule has 21 heavy (non-hydrogen) atoms. The lowest BCUT2D eigenvalue weighted by molar-refractivity contribution is -0.193. The van der Waals surface area contributed by atoms with Crippen LogP contribution < -0.4 is 10.2 Å². The predicted octanol–water partition coefficient (Wildman–Crippen LogP) is 2.96. The summed E-state index contributed by atoms with van der Waals surface area (Å²) in [4.78, 5) is 12.1. The maximum absolute atomic E-state index is 12.1. The van der Waals surface area contributed by atoms with Crippen LogP contribution in [0.3, 0.4) is 0 Å². The Morgan fingerprint density at radius 1 is 1.19 bits per heavy atom. The zero-order valence-corrected chi connectivity index (χ0v) is 13.0. The number of hydrogen-bond acceptors (Lipinski definition) is 3. The molecular formula is C16H13ClO3P-. The maximum atomic E-state index is 12.1. The minimum Gasteiger partial charge on any atom is -0.775 e. The number of halogens is 1. The van der Waals surface area contributed by atoms with E-state index in [0.29, 0.717) is 10.6 Å². The first-order valence-corrected chi connectivity index (χ1v) is 8.28. The highest BCUT2D eigenvalue weighted by Crippen LogP contribution is 2.37. The van der Waals surface area contributed by atoms with E-state index in [1.807, 2.05) is 30.3 Å². The van der Waals surface area contributed by atoms with Crippen LogP contribution in [-0.4, -0.2) is 6.61 Å². The summed E-state index contributed by atoms with van der Waals surface area (Å²) in [6, 6.07) is 13.9. The second-order valence-corrected chi connectivity index (χ2v) is 6.36. The van der Waals surface area contributed by atoms with E-state index in [1.165, 1.54) is 6.07 Å². The average Bonchev–Trinajstić information content (AvgIpc) is 2.47. The Hall–Kier alpha value is -1.56. The van der Waals surface area contributed by atoms with E-state index in [2.05, 4.69) is 11.8 Å². The first kappa shape index (κ1) is 15.8. The summed E-state index contributed by atoms with van der Waals surface area (Å²) in [6.07, 6.45) is 0. The molecule has 0 aromatic heterocycles. The van der Waals surface area contributed by atoms with Crippen LogP contribution >= 0.6 is 19.2 Å². The monoisotopic (exact) mass is 319 g/mol. The van der Waals surface area contributed by atoms with Crippen molar-refractivity contribution in [3.8, 4) is 11.8 Å². The number of benzene rings is 2. The van der Waals surface area contributed by atoms with Crippen molar-refractivity contribution in [1.29, 1.82) is 0 Å². The molecule has 0 bridgehead atoms. The standard InChI is InChI=1S/C16H14ClO3P/c1-2-20-21(18,19)16-12-15(17)11-10-14(16)9-8-13-6-4-3-5-7-13/h3-7,10-12H,2H2,1H3,(H,18,19)/p-1. The fourth-order valence-corrected chi connectivity index (χ4v) is 3.19. The van der Waals surface area contributed by atoms with Gasteiger partial charge in [-0.25, -0.2) is 0 Å². The van der Waals surface area contributed by atoms with Gasteiger partial charge in [0.25, 0.3) is 0 Å². The Labute approximate surface area is 129 Å². The van der Waals surface area contributed by atoms with Gasteiger partial charge in [-0.05, 0) is 37.3 Å². The van der Waals surface area contributed by atoms with Crippen molar-refractivity contribution in [3.05, 3.63) is 64.7 Å². The Balaban J connectivity index is 2.46. The molecule has 108 valence electrons. The van der Waals surface area contributed by atoms with Gasteiger partial charge in [-0.15, -0.1) is 0 Å². The molecule has 2 aromatic rings. The lowest BCUT2D eigenvalue weighted by atomic mass is 10.2. The fraction of sp³-hybridized carbons (Fsp3) is 0.125. The van der Waals surface area contributed by atoms with E-state index in [-0.39, 0.29) is 11.9 Å². The van der Waals surface area contributed by atoms with Gasteiger partial charge in [0.05, 0.1) is 6.61 Å². The summed E-state index contributed by atoms with van der Waals surface area (Å²) in [6.45, 7) is 1.68. The molecule has 5 heteroatoms. The highest BCUT2D eigenvalue weighted by molar-refractivity contribution is 7.60. The third-order valence-electron chi connectivity index (χ3n) is 2.67. The minimum atomic E-state index is -4.17. The molecule has 0 saturated carbocycles. The van der Waals surface area contributed by atoms with Crippen LogP contribution in [0.5, 0.6) is 0 Å². The van der Waals surface area contributed by atoms with E-state index >= 15 is 0 Å². The van der Waals surface area contributed by atoms with Crippen molar-refractivity contribution in [2.45, 2.75) is 6.92 Å². The van der Waals surface area contributed by atoms with Crippen molar-refractivity contribution in [2.75, 3.05) is 6.61 Å². The van der Waals surface area contributed by atoms with E-state index in [1.54, 1.807) is 19.1 Å². The molecule has 2 rings (SSSR count). The Morgan fingerprint density at radius 2 is 1.90 bits per heavy atom. The van der Waals surface area contributed by atoms with Gasteiger partial charge in [-0.3, -0.25) is 0 Å². The Bertz CT molecular complexity index is 732. The molecule has 1 unspecified atom stereocenters. The Morgan fingerprint density at radius 3 is 2.57 bits per heavy atom. The smallest absolute Gasteiger partial charge is 0.166 e. The van der Waals surface area contributed by atoms with Gasteiger partial charge in [0, 0.05) is 21.5 Å². The van der Waals surface area contributed by atoms with Crippen molar-refractivity contribution in [1.82, 2.24) is 0 Å². The van der Waals surface area contributed by atoms with Crippen molar-refractivity contribution >= 4 is 24.5 Å². The van der Waals surface area contributed by atoms with Crippen LogP contribution in [0.4, 0.5) is 0 Å². The fourth-order valence-electron chi connectivity index (χ4n) is 1.74. The van der Waals surface area contributed by atoms with Crippen LogP contribution in [0.15, 0.2) is 48.5 Å². The van der Waals surface area contributed by atoms with Crippen LogP contribution in [-0.2, 0) is 9.09 Å². The summed E-state index contributed by atoms with van der Waals surface area (Å²) in [5.41, 5.74) is 1.17. The van der Waals surface area contributed by atoms with E-state index in [4.69, 9.17) is 16.1 Å². The van der Waals surface area contributed by atoms with Gasteiger partial charge < -0.3 is 14.0 Å². The summed E-state index contributed by atoms with van der Waals surface area (Å²) < 4.78 is 16.9. The van der Waals surface area contributed by atoms with Crippen molar-refractivity contribution < 1.29 is 14.0 Å². The zero-order chi connectivity index (χ0) is 15.3. The second-order valence-electron chi connectivity index (χ2n) is 4.19. The molecule has 0 aliphatic heterocycles. The molecule has 3 nitrogen and oxygen atoms in total. The van der Waals surface area contributed by atoms with Crippen molar-refractivity contribution in [2.24, 2.45) is 0 Å². The number of hydrogen-bond donors (Lipinski definition) is 0. The molecule has 0 amide bonds. The van der Waals surface area contributed by atoms with Gasteiger partial charge in [-0.1, -0.05) is 41.6 Å². The highest BCUT2D eigenvalue weighted by Gasteiger charge is 2.16. The predicted molar refractivity (Wildman–Crippen MR) is 82.7 cm³/mol.